The number of hydrogen-bond acceptors (Lipinski definition) is 2. The highest BCUT2D eigenvalue weighted by Gasteiger charge is 2.01. The molecule has 1 heterocycles. The van der Waals surface area contributed by atoms with Crippen LogP contribution in [0.15, 0.2) is 22.8 Å². The molecule has 0 fully saturated rings. The van der Waals surface area contributed by atoms with Crippen LogP contribution in [0.2, 0.25) is 0 Å². The van der Waals surface area contributed by atoms with Crippen LogP contribution >= 0.6 is 15.9 Å². The zero-order valence-corrected chi connectivity index (χ0v) is 8.84. The van der Waals surface area contributed by atoms with Gasteiger partial charge in [0.15, 0.2) is 0 Å². The number of nitrogens with zero attached hydrogens (tertiary/aromatic N) is 1. The lowest BCUT2D eigenvalue weighted by Gasteiger charge is -2.10. The number of rotatable bonds is 3. The van der Waals surface area contributed by atoms with Crippen molar-refractivity contribution in [2.75, 3.05) is 0 Å². The topological polar surface area (TPSA) is 22.1 Å². The monoisotopic (exact) mass is 229 g/mol. The first kappa shape index (κ1) is 9.52. The van der Waals surface area contributed by atoms with Crippen molar-refractivity contribution in [3.05, 3.63) is 22.8 Å². The molecule has 0 spiro atoms. The van der Waals surface area contributed by atoms with Crippen LogP contribution in [0.1, 0.15) is 20.3 Å². The summed E-state index contributed by atoms with van der Waals surface area (Å²) in [4.78, 5) is 4.16. The van der Waals surface area contributed by atoms with E-state index in [-0.39, 0.29) is 6.10 Å². The van der Waals surface area contributed by atoms with E-state index in [0.29, 0.717) is 5.88 Å². The van der Waals surface area contributed by atoms with E-state index in [4.69, 9.17) is 4.74 Å². The van der Waals surface area contributed by atoms with Crippen molar-refractivity contribution in [2.45, 2.75) is 26.4 Å². The van der Waals surface area contributed by atoms with Crippen molar-refractivity contribution in [2.24, 2.45) is 0 Å². The molecule has 0 amide bonds. The van der Waals surface area contributed by atoms with Gasteiger partial charge in [0, 0.05) is 6.07 Å². The molecule has 0 aliphatic heterocycles. The van der Waals surface area contributed by atoms with Crippen LogP contribution < -0.4 is 4.74 Å². The molecule has 0 saturated carbocycles. The van der Waals surface area contributed by atoms with Crippen molar-refractivity contribution in [1.82, 2.24) is 4.98 Å². The maximum atomic E-state index is 5.50. The van der Waals surface area contributed by atoms with Gasteiger partial charge in [0.2, 0.25) is 5.88 Å². The van der Waals surface area contributed by atoms with E-state index in [9.17, 15) is 0 Å². The summed E-state index contributed by atoms with van der Waals surface area (Å²) in [7, 11) is 0. The highest BCUT2D eigenvalue weighted by atomic mass is 79.9. The Balaban J connectivity index is 2.63. The molecule has 1 rings (SSSR count). The fraction of sp³-hybridized carbons (Fsp3) is 0.444. The van der Waals surface area contributed by atoms with Crippen LogP contribution in [0.4, 0.5) is 0 Å². The van der Waals surface area contributed by atoms with E-state index in [2.05, 4.69) is 27.8 Å². The number of hydrogen-bond donors (Lipinski definition) is 0. The zero-order valence-electron chi connectivity index (χ0n) is 7.25. The fourth-order valence-electron chi connectivity index (χ4n) is 0.745. The Kier molecular flexibility index (Phi) is 3.53. The van der Waals surface area contributed by atoms with Gasteiger partial charge in [-0.2, -0.15) is 0 Å². The van der Waals surface area contributed by atoms with Crippen molar-refractivity contribution >= 4 is 15.9 Å². The summed E-state index contributed by atoms with van der Waals surface area (Å²) in [6, 6.07) is 5.65. The van der Waals surface area contributed by atoms with Crippen molar-refractivity contribution < 1.29 is 4.74 Å². The van der Waals surface area contributed by atoms with E-state index >= 15 is 0 Å². The molecule has 1 unspecified atom stereocenters. The third-order valence-electron chi connectivity index (χ3n) is 1.59. The lowest BCUT2D eigenvalue weighted by Crippen LogP contribution is -2.10. The first-order valence-corrected chi connectivity index (χ1v) is 4.81. The van der Waals surface area contributed by atoms with Gasteiger partial charge in [0.1, 0.15) is 4.60 Å². The van der Waals surface area contributed by atoms with Crippen molar-refractivity contribution in [1.29, 1.82) is 0 Å². The SMILES string of the molecule is CCC(C)Oc1cccc(Br)n1. The second-order valence-electron chi connectivity index (χ2n) is 2.64. The summed E-state index contributed by atoms with van der Waals surface area (Å²) in [6.07, 6.45) is 1.22. The average Bonchev–Trinajstić information content (AvgIpc) is 2.04. The van der Waals surface area contributed by atoms with Gasteiger partial charge in [-0.05, 0) is 35.3 Å². The summed E-state index contributed by atoms with van der Waals surface area (Å²) in [5.41, 5.74) is 0. The zero-order chi connectivity index (χ0) is 8.97. The normalized spacial score (nSPS) is 12.6. The van der Waals surface area contributed by atoms with E-state index < -0.39 is 0 Å². The van der Waals surface area contributed by atoms with E-state index in [1.54, 1.807) is 0 Å². The molecule has 0 aliphatic rings. The average molecular weight is 230 g/mol. The third-order valence-corrected chi connectivity index (χ3v) is 2.03. The lowest BCUT2D eigenvalue weighted by atomic mass is 10.3. The molecular weight excluding hydrogens is 218 g/mol. The Labute approximate surface area is 81.1 Å². The minimum Gasteiger partial charge on any atom is -0.475 e. The molecule has 0 saturated heterocycles. The fourth-order valence-corrected chi connectivity index (χ4v) is 1.07. The minimum atomic E-state index is 0.229. The maximum absolute atomic E-state index is 5.50. The van der Waals surface area contributed by atoms with Gasteiger partial charge >= 0.3 is 0 Å². The Morgan fingerprint density at radius 1 is 1.58 bits per heavy atom. The molecule has 0 radical (unpaired) electrons. The summed E-state index contributed by atoms with van der Waals surface area (Å²) in [6.45, 7) is 4.12. The Hall–Kier alpha value is -0.570. The molecule has 0 aliphatic carbocycles. The van der Waals surface area contributed by atoms with E-state index in [1.807, 2.05) is 25.1 Å². The van der Waals surface area contributed by atoms with E-state index in [0.717, 1.165) is 11.0 Å². The Morgan fingerprint density at radius 2 is 2.33 bits per heavy atom. The van der Waals surface area contributed by atoms with Crippen molar-refractivity contribution in [3.63, 3.8) is 0 Å². The molecule has 3 heteroatoms. The Morgan fingerprint density at radius 3 is 2.92 bits per heavy atom. The van der Waals surface area contributed by atoms with Gasteiger partial charge in [-0.3, -0.25) is 0 Å². The summed E-state index contributed by atoms with van der Waals surface area (Å²) in [5.74, 6) is 0.679. The van der Waals surface area contributed by atoms with Crippen molar-refractivity contribution in [3.8, 4) is 5.88 Å². The molecule has 0 bridgehead atoms. The highest BCUT2D eigenvalue weighted by molar-refractivity contribution is 9.10. The number of halogens is 1. The minimum absolute atomic E-state index is 0.229. The van der Waals surface area contributed by atoms with Gasteiger partial charge in [-0.15, -0.1) is 0 Å². The number of ether oxygens (including phenoxy) is 1. The number of pyridine rings is 1. The predicted molar refractivity (Wildman–Crippen MR) is 52.3 cm³/mol. The first-order valence-electron chi connectivity index (χ1n) is 4.01. The van der Waals surface area contributed by atoms with Crippen LogP contribution in [-0.4, -0.2) is 11.1 Å². The van der Waals surface area contributed by atoms with Crippen LogP contribution in [0.5, 0.6) is 5.88 Å². The second kappa shape index (κ2) is 4.45. The highest BCUT2D eigenvalue weighted by Crippen LogP contribution is 2.13. The molecule has 1 atom stereocenters. The molecule has 1 aromatic heterocycles. The predicted octanol–water partition coefficient (Wildman–Crippen LogP) is 3.02. The molecule has 1 aromatic rings. The number of aromatic nitrogens is 1. The van der Waals surface area contributed by atoms with Gasteiger partial charge < -0.3 is 4.74 Å². The van der Waals surface area contributed by atoms with Gasteiger partial charge in [-0.1, -0.05) is 13.0 Å². The molecular formula is C9H12BrNO. The lowest BCUT2D eigenvalue weighted by molar-refractivity contribution is 0.208. The largest absolute Gasteiger partial charge is 0.475 e. The Bertz CT molecular complexity index is 252. The van der Waals surface area contributed by atoms with E-state index in [1.165, 1.54) is 0 Å². The summed E-state index contributed by atoms with van der Waals surface area (Å²) < 4.78 is 6.31. The molecule has 2 nitrogen and oxygen atoms in total. The summed E-state index contributed by atoms with van der Waals surface area (Å²) in [5, 5.41) is 0. The smallest absolute Gasteiger partial charge is 0.214 e. The molecule has 12 heavy (non-hydrogen) atoms. The van der Waals surface area contributed by atoms with Gasteiger partial charge in [0.05, 0.1) is 6.10 Å². The first-order chi connectivity index (χ1) is 5.72. The van der Waals surface area contributed by atoms with Crippen LogP contribution in [0.25, 0.3) is 0 Å². The standard InChI is InChI=1S/C9H12BrNO/c1-3-7(2)12-9-6-4-5-8(10)11-9/h4-7H,3H2,1-2H3. The van der Waals surface area contributed by atoms with Crippen LogP contribution in [0, 0.1) is 0 Å². The molecule has 0 N–H and O–H groups in total. The van der Waals surface area contributed by atoms with Crippen LogP contribution in [-0.2, 0) is 0 Å². The van der Waals surface area contributed by atoms with Gasteiger partial charge in [0.25, 0.3) is 0 Å². The second-order valence-corrected chi connectivity index (χ2v) is 3.45. The third kappa shape index (κ3) is 2.81. The maximum Gasteiger partial charge on any atom is 0.214 e. The quantitative estimate of drug-likeness (QED) is 0.744. The van der Waals surface area contributed by atoms with Gasteiger partial charge in [-0.25, -0.2) is 4.98 Å². The molecule has 0 aromatic carbocycles. The van der Waals surface area contributed by atoms with Crippen LogP contribution in [0.3, 0.4) is 0 Å². The molecule has 66 valence electrons. The summed E-state index contributed by atoms with van der Waals surface area (Å²) >= 11 is 3.28.